The van der Waals surface area contributed by atoms with Gasteiger partial charge in [-0.05, 0) is 25.7 Å². The summed E-state index contributed by atoms with van der Waals surface area (Å²) in [5.41, 5.74) is 1.07. The van der Waals surface area contributed by atoms with E-state index in [0.717, 1.165) is 37.8 Å². The third-order valence-electron chi connectivity index (χ3n) is 4.39. The van der Waals surface area contributed by atoms with Gasteiger partial charge in [0.1, 0.15) is 11.5 Å². The molecule has 1 unspecified atom stereocenters. The molecule has 0 bridgehead atoms. The third-order valence-corrected chi connectivity index (χ3v) is 5.18. The van der Waals surface area contributed by atoms with Gasteiger partial charge in [-0.25, -0.2) is 8.42 Å². The molecule has 2 aliphatic rings. The minimum absolute atomic E-state index is 0.124. The zero-order valence-corrected chi connectivity index (χ0v) is 14.4. The van der Waals surface area contributed by atoms with E-state index in [1.807, 2.05) is 0 Å². The largest absolute Gasteiger partial charge is 0.360 e. The molecule has 9 heteroatoms. The molecule has 1 saturated heterocycles. The molecule has 24 heavy (non-hydrogen) atoms. The summed E-state index contributed by atoms with van der Waals surface area (Å²) in [5, 5.41) is 6.67. The van der Waals surface area contributed by atoms with Crippen molar-refractivity contribution in [3.63, 3.8) is 0 Å². The van der Waals surface area contributed by atoms with E-state index in [9.17, 15) is 18.0 Å². The van der Waals surface area contributed by atoms with Gasteiger partial charge in [0.2, 0.25) is 5.91 Å². The van der Waals surface area contributed by atoms with Crippen LogP contribution in [-0.4, -0.2) is 61.4 Å². The normalized spacial score (nSPS) is 20.7. The Hall–Kier alpha value is -1.90. The van der Waals surface area contributed by atoms with E-state index in [4.69, 9.17) is 4.52 Å². The monoisotopic (exact) mass is 355 g/mol. The highest BCUT2D eigenvalue weighted by molar-refractivity contribution is 7.91. The number of likely N-dealkylation sites (tertiary alicyclic amines) is 1. The zero-order valence-electron chi connectivity index (χ0n) is 13.6. The maximum absolute atomic E-state index is 12.5. The summed E-state index contributed by atoms with van der Waals surface area (Å²) >= 11 is 0. The fraction of sp³-hybridized carbons (Fsp3) is 0.667. The lowest BCUT2D eigenvalue weighted by Gasteiger charge is -2.23. The second-order valence-corrected chi connectivity index (χ2v) is 8.65. The summed E-state index contributed by atoms with van der Waals surface area (Å²) in [6.07, 6.45) is 4.65. The highest BCUT2D eigenvalue weighted by Gasteiger charge is 2.32. The summed E-state index contributed by atoms with van der Waals surface area (Å²) in [4.78, 5) is 26.1. The van der Waals surface area contributed by atoms with Crippen molar-refractivity contribution < 1.29 is 22.5 Å². The van der Waals surface area contributed by atoms with Crippen LogP contribution in [0, 0.1) is 0 Å². The molecule has 0 aromatic carbocycles. The molecule has 1 aliphatic carbocycles. The van der Waals surface area contributed by atoms with Crippen LogP contribution in [0.3, 0.4) is 0 Å². The average Bonchev–Trinajstić information content (AvgIpc) is 3.14. The predicted molar refractivity (Wildman–Crippen MR) is 85.3 cm³/mol. The van der Waals surface area contributed by atoms with Gasteiger partial charge in [-0.3, -0.25) is 9.59 Å². The number of hydrogen-bond donors (Lipinski definition) is 1. The van der Waals surface area contributed by atoms with E-state index in [1.54, 1.807) is 4.90 Å². The summed E-state index contributed by atoms with van der Waals surface area (Å²) in [6, 6.07) is -0.212. The zero-order chi connectivity index (χ0) is 17.3. The molecule has 1 aromatic heterocycles. The van der Waals surface area contributed by atoms with E-state index in [2.05, 4.69) is 10.5 Å². The lowest BCUT2D eigenvalue weighted by molar-refractivity contribution is -0.119. The van der Waals surface area contributed by atoms with Gasteiger partial charge in [0, 0.05) is 37.4 Å². The lowest BCUT2D eigenvalue weighted by Crippen LogP contribution is -2.41. The van der Waals surface area contributed by atoms with Crippen molar-refractivity contribution in [3.05, 3.63) is 17.0 Å². The van der Waals surface area contributed by atoms with Crippen LogP contribution in [0.4, 0.5) is 0 Å². The molecule has 2 heterocycles. The number of carbonyl (C=O) groups excluding carboxylic acids is 2. The second-order valence-electron chi connectivity index (χ2n) is 6.51. The molecule has 0 spiro atoms. The Balaban J connectivity index is 1.69. The van der Waals surface area contributed by atoms with Crippen LogP contribution in [0.2, 0.25) is 0 Å². The van der Waals surface area contributed by atoms with Gasteiger partial charge in [0.25, 0.3) is 5.91 Å². The summed E-state index contributed by atoms with van der Waals surface area (Å²) in [6.45, 7) is 1.46. The van der Waals surface area contributed by atoms with Crippen LogP contribution < -0.4 is 5.32 Å². The van der Waals surface area contributed by atoms with Gasteiger partial charge in [-0.15, -0.1) is 0 Å². The molecule has 2 amide bonds. The first kappa shape index (κ1) is 16.9. The van der Waals surface area contributed by atoms with Crippen molar-refractivity contribution in [2.75, 3.05) is 25.1 Å². The van der Waals surface area contributed by atoms with Gasteiger partial charge in [-0.2, -0.15) is 0 Å². The average molecular weight is 355 g/mol. The number of rotatable bonds is 4. The minimum Gasteiger partial charge on any atom is -0.360 e. The highest BCUT2D eigenvalue weighted by atomic mass is 32.2. The Morgan fingerprint density at radius 1 is 1.33 bits per heavy atom. The molecule has 1 atom stereocenters. The van der Waals surface area contributed by atoms with Crippen LogP contribution >= 0.6 is 0 Å². The summed E-state index contributed by atoms with van der Waals surface area (Å²) in [5.74, 6) is -0.485. The van der Waals surface area contributed by atoms with Crippen molar-refractivity contribution in [2.24, 2.45) is 0 Å². The molecular formula is C15H21N3O5S. The van der Waals surface area contributed by atoms with Crippen LogP contribution in [0.5, 0.6) is 0 Å². The quantitative estimate of drug-likeness (QED) is 0.809. The fourth-order valence-corrected chi connectivity index (χ4v) is 3.83. The van der Waals surface area contributed by atoms with Crippen molar-refractivity contribution in [2.45, 2.75) is 38.1 Å². The Labute approximate surface area is 140 Å². The molecule has 3 rings (SSSR count). The van der Waals surface area contributed by atoms with Crippen LogP contribution in [0.15, 0.2) is 4.52 Å². The van der Waals surface area contributed by atoms with E-state index < -0.39 is 21.5 Å². The third kappa shape index (κ3) is 3.77. The Kier molecular flexibility index (Phi) is 4.62. The Morgan fingerprint density at radius 2 is 2.04 bits per heavy atom. The van der Waals surface area contributed by atoms with Gasteiger partial charge in [0.15, 0.2) is 15.5 Å². The van der Waals surface area contributed by atoms with Crippen molar-refractivity contribution in [1.82, 2.24) is 15.4 Å². The second kappa shape index (κ2) is 6.54. The first-order valence-electron chi connectivity index (χ1n) is 8.07. The molecule has 8 nitrogen and oxygen atoms in total. The fourth-order valence-electron chi connectivity index (χ4n) is 3.27. The maximum atomic E-state index is 12.5. The number of aryl methyl sites for hydroxylation is 1. The number of amides is 2. The standard InChI is InChI=1S/C15H21N3O5S/c1-24(21,22)9-13(19)16-10-4-5-12-11(8-10)14(17-23-12)15(20)18-6-2-3-7-18/h10H,2-9H2,1H3,(H,16,19). The topological polar surface area (TPSA) is 110 Å². The van der Waals surface area contributed by atoms with E-state index in [-0.39, 0.29) is 11.9 Å². The highest BCUT2D eigenvalue weighted by Crippen LogP contribution is 2.26. The minimum atomic E-state index is -3.36. The number of nitrogens with zero attached hydrogens (tertiary/aromatic N) is 2. The number of fused-ring (bicyclic) bond motifs is 1. The molecule has 1 aliphatic heterocycles. The van der Waals surface area contributed by atoms with Crippen LogP contribution in [0.25, 0.3) is 0 Å². The SMILES string of the molecule is CS(=O)(=O)CC(=O)NC1CCc2onc(C(=O)N3CCCC3)c2C1. The molecule has 0 saturated carbocycles. The molecular weight excluding hydrogens is 334 g/mol. The Morgan fingerprint density at radius 3 is 2.71 bits per heavy atom. The smallest absolute Gasteiger partial charge is 0.276 e. The number of carbonyl (C=O) groups is 2. The molecule has 132 valence electrons. The van der Waals surface area contributed by atoms with Crippen molar-refractivity contribution in [3.8, 4) is 0 Å². The predicted octanol–water partition coefficient (Wildman–Crippen LogP) is -0.0713. The number of hydrogen-bond acceptors (Lipinski definition) is 6. The summed E-state index contributed by atoms with van der Waals surface area (Å²) < 4.78 is 27.7. The van der Waals surface area contributed by atoms with Gasteiger partial charge in [-0.1, -0.05) is 5.16 Å². The van der Waals surface area contributed by atoms with E-state index in [1.165, 1.54) is 0 Å². The maximum Gasteiger partial charge on any atom is 0.276 e. The van der Waals surface area contributed by atoms with E-state index >= 15 is 0 Å². The van der Waals surface area contributed by atoms with Gasteiger partial charge < -0.3 is 14.7 Å². The number of nitrogens with one attached hydrogen (secondary N) is 1. The van der Waals surface area contributed by atoms with Gasteiger partial charge in [0.05, 0.1) is 0 Å². The first-order valence-corrected chi connectivity index (χ1v) is 10.1. The van der Waals surface area contributed by atoms with Crippen LogP contribution in [-0.2, 0) is 27.5 Å². The van der Waals surface area contributed by atoms with Crippen molar-refractivity contribution >= 4 is 21.7 Å². The lowest BCUT2D eigenvalue weighted by atomic mass is 9.91. The van der Waals surface area contributed by atoms with E-state index in [0.29, 0.717) is 30.7 Å². The molecule has 1 fully saturated rings. The van der Waals surface area contributed by atoms with Crippen molar-refractivity contribution in [1.29, 1.82) is 0 Å². The van der Waals surface area contributed by atoms with Gasteiger partial charge >= 0.3 is 0 Å². The Bertz CT molecular complexity index is 749. The summed E-state index contributed by atoms with van der Waals surface area (Å²) in [7, 11) is -3.36. The number of aromatic nitrogens is 1. The molecule has 0 radical (unpaired) electrons. The first-order chi connectivity index (χ1) is 11.3. The molecule has 1 aromatic rings. The van der Waals surface area contributed by atoms with Crippen LogP contribution in [0.1, 0.15) is 41.1 Å². The molecule has 1 N–H and O–H groups in total. The number of sulfone groups is 1.